The summed E-state index contributed by atoms with van der Waals surface area (Å²) in [6.07, 6.45) is 3.71. The number of esters is 1. The molecule has 2 aromatic heterocycles. The van der Waals surface area contributed by atoms with Crippen LogP contribution in [0.4, 0.5) is 5.00 Å². The summed E-state index contributed by atoms with van der Waals surface area (Å²) in [6.45, 7) is 6.15. The van der Waals surface area contributed by atoms with Gasteiger partial charge in [-0.05, 0) is 31.9 Å². The van der Waals surface area contributed by atoms with Gasteiger partial charge >= 0.3 is 5.97 Å². The quantitative estimate of drug-likeness (QED) is 0.504. The number of rotatable bonds is 6. The first-order valence-electron chi connectivity index (χ1n) is 9.11. The fourth-order valence-electron chi connectivity index (χ4n) is 2.95. The van der Waals surface area contributed by atoms with Crippen molar-refractivity contribution in [1.29, 1.82) is 0 Å². The third kappa shape index (κ3) is 4.46. The third-order valence-corrected chi connectivity index (χ3v) is 5.28. The summed E-state index contributed by atoms with van der Waals surface area (Å²) >= 11 is 1.39. The highest BCUT2D eigenvalue weighted by molar-refractivity contribution is 7.17. The molecule has 3 rings (SSSR count). The number of ether oxygens (including phenoxy) is 1. The maximum absolute atomic E-state index is 12.7. The van der Waals surface area contributed by atoms with Crippen molar-refractivity contribution in [3.05, 3.63) is 70.9 Å². The van der Waals surface area contributed by atoms with Crippen molar-refractivity contribution in [2.75, 3.05) is 11.9 Å². The predicted molar refractivity (Wildman–Crippen MR) is 110 cm³/mol. The topological polar surface area (TPSA) is 59.3 Å². The molecule has 5 nitrogen and oxygen atoms in total. The Bertz CT molecular complexity index is 979. The zero-order chi connectivity index (χ0) is 20.1. The smallest absolute Gasteiger partial charge is 0.341 e. The van der Waals surface area contributed by atoms with E-state index in [-0.39, 0.29) is 19.1 Å². The monoisotopic (exact) mass is 395 g/mol. The van der Waals surface area contributed by atoms with Crippen LogP contribution in [0.3, 0.4) is 0 Å². The highest BCUT2D eigenvalue weighted by Crippen LogP contribution is 2.40. The lowest BCUT2D eigenvalue weighted by molar-refractivity contribution is -0.684. The summed E-state index contributed by atoms with van der Waals surface area (Å²) in [6, 6.07) is 13.6. The van der Waals surface area contributed by atoms with Crippen LogP contribution in [0.5, 0.6) is 0 Å². The minimum atomic E-state index is -0.427. The lowest BCUT2D eigenvalue weighted by Crippen LogP contribution is -2.39. The molecule has 6 heteroatoms. The lowest BCUT2D eigenvalue weighted by atomic mass is 10.0. The maximum Gasteiger partial charge on any atom is 0.341 e. The second-order valence-electron chi connectivity index (χ2n) is 6.42. The zero-order valence-corrected chi connectivity index (χ0v) is 17.0. The highest BCUT2D eigenvalue weighted by Gasteiger charge is 2.26. The molecule has 144 valence electrons. The van der Waals surface area contributed by atoms with E-state index in [0.717, 1.165) is 21.6 Å². The first kappa shape index (κ1) is 19.8. The molecule has 1 N–H and O–H groups in total. The molecule has 28 heavy (non-hydrogen) atoms. The van der Waals surface area contributed by atoms with Crippen molar-refractivity contribution >= 4 is 28.2 Å². The SMILES string of the molecule is CCOC(=O)c1c(NC(=O)C[n+]2ccc(C)cc2)sc(C)c1-c1ccccc1. The molecule has 0 atom stereocenters. The molecule has 0 bridgehead atoms. The standard InChI is InChI=1S/C22H22N2O3S/c1-4-27-22(26)20-19(17-8-6-5-7-9-17)16(3)28-21(20)23-18(25)14-24-12-10-15(2)11-13-24/h5-13H,4,14H2,1-3H3/p+1. The van der Waals surface area contributed by atoms with Crippen LogP contribution in [0.25, 0.3) is 11.1 Å². The van der Waals surface area contributed by atoms with E-state index >= 15 is 0 Å². The molecule has 0 fully saturated rings. The minimum Gasteiger partial charge on any atom is -0.462 e. The molecule has 0 saturated heterocycles. The maximum atomic E-state index is 12.7. The van der Waals surface area contributed by atoms with Gasteiger partial charge in [0.1, 0.15) is 10.6 Å². The molecule has 2 heterocycles. The van der Waals surface area contributed by atoms with Gasteiger partial charge in [-0.1, -0.05) is 30.3 Å². The number of hydrogen-bond acceptors (Lipinski definition) is 4. The fourth-order valence-corrected chi connectivity index (χ4v) is 4.03. The van der Waals surface area contributed by atoms with Crippen molar-refractivity contribution < 1.29 is 18.9 Å². The van der Waals surface area contributed by atoms with Crippen LogP contribution in [0.2, 0.25) is 0 Å². The Morgan fingerprint density at radius 3 is 2.39 bits per heavy atom. The van der Waals surface area contributed by atoms with Crippen LogP contribution in [0.1, 0.15) is 27.7 Å². The van der Waals surface area contributed by atoms with Crippen LogP contribution in [-0.4, -0.2) is 18.5 Å². The average Bonchev–Trinajstić information content (AvgIpc) is 3.00. The van der Waals surface area contributed by atoms with Gasteiger partial charge in [-0.15, -0.1) is 11.3 Å². The van der Waals surface area contributed by atoms with E-state index in [1.54, 1.807) is 11.5 Å². The first-order valence-corrected chi connectivity index (χ1v) is 9.92. The van der Waals surface area contributed by atoms with Crippen LogP contribution in [0, 0.1) is 13.8 Å². The van der Waals surface area contributed by atoms with Gasteiger partial charge in [0.2, 0.25) is 6.54 Å². The summed E-state index contributed by atoms with van der Waals surface area (Å²) in [7, 11) is 0. The Morgan fingerprint density at radius 2 is 1.75 bits per heavy atom. The molecular formula is C22H23N2O3S+. The molecule has 0 aliphatic rings. The van der Waals surface area contributed by atoms with Crippen LogP contribution in [-0.2, 0) is 16.1 Å². The van der Waals surface area contributed by atoms with Crippen molar-refractivity contribution in [2.45, 2.75) is 27.3 Å². The number of benzene rings is 1. The number of aryl methyl sites for hydroxylation is 2. The third-order valence-electron chi connectivity index (χ3n) is 4.26. The Balaban J connectivity index is 1.92. The number of nitrogens with one attached hydrogen (secondary N) is 1. The average molecular weight is 396 g/mol. The van der Waals surface area contributed by atoms with Gasteiger partial charge in [0.15, 0.2) is 12.4 Å². The summed E-state index contributed by atoms with van der Waals surface area (Å²) < 4.78 is 7.06. The fraction of sp³-hybridized carbons (Fsp3) is 0.227. The lowest BCUT2D eigenvalue weighted by Gasteiger charge is -2.08. The summed E-state index contributed by atoms with van der Waals surface area (Å²) in [5.74, 6) is -0.621. The van der Waals surface area contributed by atoms with Crippen LogP contribution >= 0.6 is 11.3 Å². The second-order valence-corrected chi connectivity index (χ2v) is 7.64. The number of carbonyl (C=O) groups excluding carboxylic acids is 2. The Morgan fingerprint density at radius 1 is 1.07 bits per heavy atom. The molecule has 1 amide bonds. The number of hydrogen-bond donors (Lipinski definition) is 1. The zero-order valence-electron chi connectivity index (χ0n) is 16.2. The largest absolute Gasteiger partial charge is 0.462 e. The normalized spacial score (nSPS) is 10.5. The van der Waals surface area contributed by atoms with Gasteiger partial charge < -0.3 is 10.1 Å². The number of aromatic nitrogens is 1. The van der Waals surface area contributed by atoms with Crippen molar-refractivity contribution in [3.63, 3.8) is 0 Å². The van der Waals surface area contributed by atoms with Gasteiger partial charge in [-0.25, -0.2) is 4.79 Å². The number of nitrogens with zero attached hydrogens (tertiary/aromatic N) is 1. The molecule has 0 unspecified atom stereocenters. The molecule has 0 aliphatic carbocycles. The molecule has 0 spiro atoms. The molecule has 1 aromatic carbocycles. The van der Waals surface area contributed by atoms with Crippen LogP contribution in [0.15, 0.2) is 54.9 Å². The van der Waals surface area contributed by atoms with E-state index in [9.17, 15) is 9.59 Å². The Kier molecular flexibility index (Phi) is 6.21. The van der Waals surface area contributed by atoms with Gasteiger partial charge in [-0.3, -0.25) is 4.79 Å². The number of carbonyl (C=O) groups is 2. The van der Waals surface area contributed by atoms with E-state index in [1.807, 2.05) is 68.7 Å². The van der Waals surface area contributed by atoms with Crippen molar-refractivity contribution in [2.24, 2.45) is 0 Å². The summed E-state index contributed by atoms with van der Waals surface area (Å²) in [5.41, 5.74) is 3.27. The molecule has 0 radical (unpaired) electrons. The van der Waals surface area contributed by atoms with Gasteiger partial charge in [0.25, 0.3) is 5.91 Å². The Labute approximate surface area is 168 Å². The van der Waals surface area contributed by atoms with Gasteiger partial charge in [0, 0.05) is 22.6 Å². The summed E-state index contributed by atoms with van der Waals surface area (Å²) in [4.78, 5) is 26.2. The van der Waals surface area contributed by atoms with Gasteiger partial charge in [0.05, 0.1) is 6.61 Å². The minimum absolute atomic E-state index is 0.167. The van der Waals surface area contributed by atoms with E-state index in [2.05, 4.69) is 5.32 Å². The van der Waals surface area contributed by atoms with Crippen LogP contribution < -0.4 is 9.88 Å². The number of thiophene rings is 1. The molecule has 0 saturated carbocycles. The van der Waals surface area contributed by atoms with Gasteiger partial charge in [-0.2, -0.15) is 4.57 Å². The highest BCUT2D eigenvalue weighted by atomic mass is 32.1. The number of pyridine rings is 1. The number of amides is 1. The molecular weight excluding hydrogens is 372 g/mol. The number of anilines is 1. The Hall–Kier alpha value is -2.99. The first-order chi connectivity index (χ1) is 13.5. The van der Waals surface area contributed by atoms with E-state index in [1.165, 1.54) is 11.3 Å². The summed E-state index contributed by atoms with van der Waals surface area (Å²) in [5, 5.41) is 3.42. The van der Waals surface area contributed by atoms with Crippen molar-refractivity contribution in [1.82, 2.24) is 0 Å². The van der Waals surface area contributed by atoms with E-state index in [4.69, 9.17) is 4.74 Å². The molecule has 0 aliphatic heterocycles. The van der Waals surface area contributed by atoms with E-state index < -0.39 is 5.97 Å². The molecule has 3 aromatic rings. The van der Waals surface area contributed by atoms with E-state index in [0.29, 0.717) is 10.6 Å². The van der Waals surface area contributed by atoms with Crippen molar-refractivity contribution in [3.8, 4) is 11.1 Å². The predicted octanol–water partition coefficient (Wildman–Crippen LogP) is 4.13. The second kappa shape index (κ2) is 8.80.